The molecule has 1 atom stereocenters. The summed E-state index contributed by atoms with van der Waals surface area (Å²) in [5.41, 5.74) is 1.99. The number of nitrogens with one attached hydrogen (secondary N) is 1. The fourth-order valence-corrected chi connectivity index (χ4v) is 3.00. The lowest BCUT2D eigenvalue weighted by molar-refractivity contribution is -0.121. The van der Waals surface area contributed by atoms with Crippen molar-refractivity contribution in [3.63, 3.8) is 0 Å². The van der Waals surface area contributed by atoms with Crippen LogP contribution in [0.3, 0.4) is 0 Å². The first-order valence-corrected chi connectivity index (χ1v) is 9.40. The normalized spacial score (nSPS) is 11.9. The predicted octanol–water partition coefficient (Wildman–Crippen LogP) is 4.46. The highest BCUT2D eigenvalue weighted by Gasteiger charge is 2.13. The molecule has 3 aromatic rings. The van der Waals surface area contributed by atoms with E-state index >= 15 is 0 Å². The second kappa shape index (κ2) is 9.33. The minimum Gasteiger partial charge on any atom is -0.354 e. The molecule has 3 rings (SSSR count). The minimum atomic E-state index is -0.0203. The van der Waals surface area contributed by atoms with Gasteiger partial charge in [-0.05, 0) is 37.5 Å². The van der Waals surface area contributed by atoms with Gasteiger partial charge in [-0.15, -0.1) is 0 Å². The zero-order chi connectivity index (χ0) is 19.1. The number of halogens is 1. The van der Waals surface area contributed by atoms with Gasteiger partial charge < -0.3 is 9.84 Å². The molecule has 0 saturated carbocycles. The van der Waals surface area contributed by atoms with Crippen LogP contribution in [0.1, 0.15) is 31.2 Å². The maximum absolute atomic E-state index is 12.1. The van der Waals surface area contributed by atoms with Gasteiger partial charge in [0.2, 0.25) is 17.6 Å². The summed E-state index contributed by atoms with van der Waals surface area (Å²) in [7, 11) is 0. The van der Waals surface area contributed by atoms with Crippen LogP contribution in [0.2, 0.25) is 5.02 Å². The number of aromatic nitrogens is 2. The lowest BCUT2D eigenvalue weighted by Crippen LogP contribution is -2.33. The number of aryl methyl sites for hydroxylation is 2. The largest absolute Gasteiger partial charge is 0.354 e. The van der Waals surface area contributed by atoms with Crippen molar-refractivity contribution in [2.45, 2.75) is 38.6 Å². The summed E-state index contributed by atoms with van der Waals surface area (Å²) in [6.45, 7) is 2.02. The third-order valence-corrected chi connectivity index (χ3v) is 4.59. The van der Waals surface area contributed by atoms with E-state index in [1.807, 2.05) is 43.3 Å². The van der Waals surface area contributed by atoms with Crippen molar-refractivity contribution >= 4 is 17.5 Å². The molecule has 0 aliphatic rings. The quantitative estimate of drug-likeness (QED) is 0.623. The first-order valence-electron chi connectivity index (χ1n) is 9.02. The molecule has 1 N–H and O–H groups in total. The highest BCUT2D eigenvalue weighted by atomic mass is 35.5. The van der Waals surface area contributed by atoms with Crippen molar-refractivity contribution in [3.05, 3.63) is 71.1 Å². The third kappa shape index (κ3) is 5.66. The Morgan fingerprint density at radius 3 is 2.63 bits per heavy atom. The Hall–Kier alpha value is -2.66. The zero-order valence-corrected chi connectivity index (χ0v) is 15.9. The van der Waals surface area contributed by atoms with E-state index in [1.165, 1.54) is 5.56 Å². The van der Waals surface area contributed by atoms with E-state index in [4.69, 9.17) is 16.1 Å². The van der Waals surface area contributed by atoms with Crippen LogP contribution in [-0.2, 0) is 17.6 Å². The molecule has 0 bridgehead atoms. The SMILES string of the molecule is CC(CCc1ccccc1)NC(=O)CCc1nc(-c2ccccc2Cl)no1. The zero-order valence-electron chi connectivity index (χ0n) is 15.2. The summed E-state index contributed by atoms with van der Waals surface area (Å²) >= 11 is 6.14. The van der Waals surface area contributed by atoms with Crippen LogP contribution in [0.4, 0.5) is 0 Å². The van der Waals surface area contributed by atoms with Crippen LogP contribution in [0.25, 0.3) is 11.4 Å². The Labute approximate surface area is 163 Å². The van der Waals surface area contributed by atoms with E-state index in [1.54, 1.807) is 6.07 Å². The van der Waals surface area contributed by atoms with Crippen LogP contribution in [-0.4, -0.2) is 22.1 Å². The average molecular weight is 384 g/mol. The molecule has 5 nitrogen and oxygen atoms in total. The van der Waals surface area contributed by atoms with Gasteiger partial charge in [0.15, 0.2) is 0 Å². The van der Waals surface area contributed by atoms with E-state index < -0.39 is 0 Å². The van der Waals surface area contributed by atoms with Crippen LogP contribution in [0.15, 0.2) is 59.1 Å². The van der Waals surface area contributed by atoms with Gasteiger partial charge in [0.1, 0.15) is 0 Å². The number of carbonyl (C=O) groups excluding carboxylic acids is 1. The number of benzene rings is 2. The molecule has 0 radical (unpaired) electrons. The van der Waals surface area contributed by atoms with Crippen molar-refractivity contribution in [2.24, 2.45) is 0 Å². The maximum Gasteiger partial charge on any atom is 0.227 e. The van der Waals surface area contributed by atoms with Gasteiger partial charge in [-0.2, -0.15) is 4.98 Å². The minimum absolute atomic E-state index is 0.0203. The summed E-state index contributed by atoms with van der Waals surface area (Å²) in [6.07, 6.45) is 2.54. The van der Waals surface area contributed by atoms with Gasteiger partial charge in [0.05, 0.1) is 5.02 Å². The summed E-state index contributed by atoms with van der Waals surface area (Å²) in [5.74, 6) is 0.845. The fraction of sp³-hybridized carbons (Fsp3) is 0.286. The van der Waals surface area contributed by atoms with Crippen molar-refractivity contribution < 1.29 is 9.32 Å². The molecule has 1 aromatic heterocycles. The van der Waals surface area contributed by atoms with Crippen molar-refractivity contribution in [3.8, 4) is 11.4 Å². The predicted molar refractivity (Wildman–Crippen MR) is 105 cm³/mol. The van der Waals surface area contributed by atoms with Crippen molar-refractivity contribution in [1.82, 2.24) is 15.5 Å². The smallest absolute Gasteiger partial charge is 0.227 e. The van der Waals surface area contributed by atoms with E-state index in [9.17, 15) is 4.79 Å². The molecular formula is C21H22ClN3O2. The molecule has 0 aliphatic carbocycles. The van der Waals surface area contributed by atoms with E-state index in [-0.39, 0.29) is 11.9 Å². The molecule has 1 heterocycles. The van der Waals surface area contributed by atoms with Crippen LogP contribution in [0, 0.1) is 0 Å². The summed E-state index contributed by atoms with van der Waals surface area (Å²) in [6, 6.07) is 17.7. The molecule has 0 aliphatic heterocycles. The molecule has 0 spiro atoms. The Balaban J connectivity index is 1.45. The fourth-order valence-electron chi connectivity index (χ4n) is 2.78. The second-order valence-electron chi connectivity index (χ2n) is 6.48. The molecule has 1 unspecified atom stereocenters. The van der Waals surface area contributed by atoms with Crippen LogP contribution in [0.5, 0.6) is 0 Å². The summed E-state index contributed by atoms with van der Waals surface area (Å²) in [5, 5.41) is 7.53. The summed E-state index contributed by atoms with van der Waals surface area (Å²) in [4.78, 5) is 16.5. The first-order chi connectivity index (χ1) is 13.1. The van der Waals surface area contributed by atoms with Gasteiger partial charge in [0, 0.05) is 24.4 Å². The molecule has 0 fully saturated rings. The number of amides is 1. The van der Waals surface area contributed by atoms with Crippen molar-refractivity contribution in [2.75, 3.05) is 0 Å². The number of nitrogens with zero attached hydrogens (tertiary/aromatic N) is 2. The first kappa shape index (κ1) is 19.1. The van der Waals surface area contributed by atoms with E-state index in [2.05, 4.69) is 27.6 Å². The summed E-state index contributed by atoms with van der Waals surface area (Å²) < 4.78 is 5.24. The Bertz CT molecular complexity index is 880. The Kier molecular flexibility index (Phi) is 6.60. The number of hydrogen-bond acceptors (Lipinski definition) is 4. The number of carbonyl (C=O) groups is 1. The van der Waals surface area contributed by atoms with E-state index in [0.29, 0.717) is 35.1 Å². The molecule has 6 heteroatoms. The standard InChI is InChI=1S/C21H22ClN3O2/c1-15(11-12-16-7-3-2-4-8-16)23-19(26)13-14-20-24-21(25-27-20)17-9-5-6-10-18(17)22/h2-10,15H,11-14H2,1H3,(H,23,26). The van der Waals surface area contributed by atoms with Crippen LogP contribution >= 0.6 is 11.6 Å². The van der Waals surface area contributed by atoms with Gasteiger partial charge in [0.25, 0.3) is 0 Å². The molecule has 140 valence electrons. The molecular weight excluding hydrogens is 362 g/mol. The van der Waals surface area contributed by atoms with Crippen LogP contribution < -0.4 is 5.32 Å². The molecule has 27 heavy (non-hydrogen) atoms. The number of hydrogen-bond donors (Lipinski definition) is 1. The average Bonchev–Trinajstić information content (AvgIpc) is 3.15. The highest BCUT2D eigenvalue weighted by Crippen LogP contribution is 2.25. The lowest BCUT2D eigenvalue weighted by Gasteiger charge is -2.13. The molecule has 1 amide bonds. The second-order valence-corrected chi connectivity index (χ2v) is 6.89. The monoisotopic (exact) mass is 383 g/mol. The Morgan fingerprint density at radius 2 is 1.85 bits per heavy atom. The topological polar surface area (TPSA) is 68.0 Å². The highest BCUT2D eigenvalue weighted by molar-refractivity contribution is 6.33. The van der Waals surface area contributed by atoms with Crippen molar-refractivity contribution in [1.29, 1.82) is 0 Å². The van der Waals surface area contributed by atoms with Gasteiger partial charge >= 0.3 is 0 Å². The van der Waals surface area contributed by atoms with Gasteiger partial charge in [-0.25, -0.2) is 0 Å². The Morgan fingerprint density at radius 1 is 1.11 bits per heavy atom. The number of rotatable bonds is 8. The van der Waals surface area contributed by atoms with Gasteiger partial charge in [-0.3, -0.25) is 4.79 Å². The maximum atomic E-state index is 12.1. The molecule has 0 saturated heterocycles. The van der Waals surface area contributed by atoms with Gasteiger partial charge in [-0.1, -0.05) is 59.2 Å². The van der Waals surface area contributed by atoms with E-state index in [0.717, 1.165) is 12.8 Å². The lowest BCUT2D eigenvalue weighted by atomic mass is 10.1. The third-order valence-electron chi connectivity index (χ3n) is 4.27. The molecule has 2 aromatic carbocycles.